The van der Waals surface area contributed by atoms with Gasteiger partial charge in [0.15, 0.2) is 5.75 Å². The SMILES string of the molecule is N#C/C(=C\c1cc(Cl)c(OCc2ccc(Cl)cc2)c(Cl)c1)C(=O)Nc1cccc([N+](=O)[O-])c1. The Morgan fingerprint density at radius 3 is 2.36 bits per heavy atom. The van der Waals surface area contributed by atoms with Crippen LogP contribution in [0.1, 0.15) is 11.1 Å². The molecule has 10 heteroatoms. The zero-order valence-corrected chi connectivity index (χ0v) is 19.0. The molecule has 3 aromatic carbocycles. The summed E-state index contributed by atoms with van der Waals surface area (Å²) in [6, 6.07) is 17.3. The van der Waals surface area contributed by atoms with Gasteiger partial charge in [-0.2, -0.15) is 5.26 Å². The van der Waals surface area contributed by atoms with E-state index in [1.54, 1.807) is 30.3 Å². The van der Waals surface area contributed by atoms with Crippen LogP contribution in [0.2, 0.25) is 15.1 Å². The predicted molar refractivity (Wildman–Crippen MR) is 128 cm³/mol. The first-order chi connectivity index (χ1) is 15.8. The fraction of sp³-hybridized carbons (Fsp3) is 0.0435. The molecule has 0 saturated carbocycles. The van der Waals surface area contributed by atoms with Gasteiger partial charge in [-0.15, -0.1) is 0 Å². The number of carbonyl (C=O) groups is 1. The van der Waals surface area contributed by atoms with E-state index in [1.165, 1.54) is 42.5 Å². The third kappa shape index (κ3) is 6.46. The van der Waals surface area contributed by atoms with E-state index in [1.807, 2.05) is 0 Å². The Balaban J connectivity index is 1.77. The molecule has 3 rings (SSSR count). The summed E-state index contributed by atoms with van der Waals surface area (Å²) in [7, 11) is 0. The first-order valence-corrected chi connectivity index (χ1v) is 10.4. The van der Waals surface area contributed by atoms with Crippen LogP contribution in [-0.2, 0) is 11.4 Å². The number of nitro groups is 1. The number of amides is 1. The summed E-state index contributed by atoms with van der Waals surface area (Å²) in [6.45, 7) is 0.209. The van der Waals surface area contributed by atoms with Gasteiger partial charge >= 0.3 is 0 Å². The third-order valence-electron chi connectivity index (χ3n) is 4.31. The number of benzene rings is 3. The maximum atomic E-state index is 12.5. The van der Waals surface area contributed by atoms with Crippen LogP contribution in [0.15, 0.2) is 66.2 Å². The fourth-order valence-electron chi connectivity index (χ4n) is 2.75. The summed E-state index contributed by atoms with van der Waals surface area (Å²) < 4.78 is 5.71. The van der Waals surface area contributed by atoms with Crippen LogP contribution in [0.25, 0.3) is 6.08 Å². The Bertz CT molecular complexity index is 1260. The van der Waals surface area contributed by atoms with Crippen molar-refractivity contribution in [2.24, 2.45) is 0 Å². The minimum absolute atomic E-state index is 0.178. The lowest BCUT2D eigenvalue weighted by Crippen LogP contribution is -2.13. The van der Waals surface area contributed by atoms with Crippen LogP contribution in [0.4, 0.5) is 11.4 Å². The van der Waals surface area contributed by atoms with E-state index in [0.29, 0.717) is 10.6 Å². The number of halogens is 3. The molecule has 7 nitrogen and oxygen atoms in total. The topological polar surface area (TPSA) is 105 Å². The van der Waals surface area contributed by atoms with E-state index in [-0.39, 0.29) is 39.3 Å². The summed E-state index contributed by atoms with van der Waals surface area (Å²) in [5.41, 5.74) is 0.999. The van der Waals surface area contributed by atoms with Crippen molar-refractivity contribution in [3.05, 3.63) is 103 Å². The molecule has 166 valence electrons. The van der Waals surface area contributed by atoms with E-state index in [9.17, 15) is 20.2 Å². The van der Waals surface area contributed by atoms with Crippen LogP contribution < -0.4 is 10.1 Å². The molecule has 0 aromatic heterocycles. The number of carbonyl (C=O) groups excluding carboxylic acids is 1. The molecule has 0 saturated heterocycles. The number of nitrogens with one attached hydrogen (secondary N) is 1. The number of nitro benzene ring substituents is 1. The smallest absolute Gasteiger partial charge is 0.271 e. The second-order valence-electron chi connectivity index (χ2n) is 6.66. The van der Waals surface area contributed by atoms with Gasteiger partial charge in [0, 0.05) is 22.8 Å². The average molecular weight is 503 g/mol. The first-order valence-electron chi connectivity index (χ1n) is 9.30. The summed E-state index contributed by atoms with van der Waals surface area (Å²) in [6.07, 6.45) is 1.30. The molecule has 0 radical (unpaired) electrons. The molecule has 0 fully saturated rings. The largest absolute Gasteiger partial charge is 0.486 e. The number of nitriles is 1. The number of rotatable bonds is 7. The van der Waals surface area contributed by atoms with Gasteiger partial charge < -0.3 is 10.1 Å². The number of hydrogen-bond donors (Lipinski definition) is 1. The lowest BCUT2D eigenvalue weighted by molar-refractivity contribution is -0.384. The molecular formula is C23H14Cl3N3O4. The molecule has 0 aliphatic rings. The number of ether oxygens (including phenoxy) is 1. The number of non-ortho nitro benzene ring substituents is 1. The minimum atomic E-state index is -0.742. The Morgan fingerprint density at radius 1 is 1.09 bits per heavy atom. The van der Waals surface area contributed by atoms with Crippen molar-refractivity contribution >= 4 is 58.2 Å². The van der Waals surface area contributed by atoms with Gasteiger partial charge in [-0.3, -0.25) is 14.9 Å². The highest BCUT2D eigenvalue weighted by atomic mass is 35.5. The molecule has 0 aliphatic heterocycles. The van der Waals surface area contributed by atoms with Gasteiger partial charge in [0.2, 0.25) is 0 Å². The normalized spacial score (nSPS) is 10.9. The van der Waals surface area contributed by atoms with Crippen LogP contribution in [-0.4, -0.2) is 10.8 Å². The number of anilines is 1. The van der Waals surface area contributed by atoms with Crippen molar-refractivity contribution < 1.29 is 14.5 Å². The van der Waals surface area contributed by atoms with Gasteiger partial charge in [-0.25, -0.2) is 0 Å². The Morgan fingerprint density at radius 2 is 1.76 bits per heavy atom. The zero-order chi connectivity index (χ0) is 24.0. The molecule has 1 N–H and O–H groups in total. The maximum Gasteiger partial charge on any atom is 0.271 e. The second-order valence-corrected chi connectivity index (χ2v) is 7.91. The standard InChI is InChI=1S/C23H14Cl3N3O4/c24-17-6-4-14(5-7-17)13-33-22-20(25)9-15(10-21(22)26)8-16(12-27)23(30)28-18-2-1-3-19(11-18)29(31)32/h1-11H,13H2,(H,28,30)/b16-8+. The lowest BCUT2D eigenvalue weighted by Gasteiger charge is -2.11. The highest BCUT2D eigenvalue weighted by molar-refractivity contribution is 6.37. The van der Waals surface area contributed by atoms with Crippen molar-refractivity contribution in [3.63, 3.8) is 0 Å². The highest BCUT2D eigenvalue weighted by Crippen LogP contribution is 2.35. The van der Waals surface area contributed by atoms with Crippen LogP contribution >= 0.6 is 34.8 Å². The summed E-state index contributed by atoms with van der Waals surface area (Å²) in [5, 5.41) is 23.8. The van der Waals surface area contributed by atoms with E-state index < -0.39 is 10.8 Å². The van der Waals surface area contributed by atoms with E-state index >= 15 is 0 Å². The molecule has 1 amide bonds. The molecule has 3 aromatic rings. The molecule has 0 unspecified atom stereocenters. The lowest BCUT2D eigenvalue weighted by atomic mass is 10.1. The van der Waals surface area contributed by atoms with Crippen LogP contribution in [0.5, 0.6) is 5.75 Å². The first kappa shape index (κ1) is 24.1. The third-order valence-corrected chi connectivity index (χ3v) is 5.12. The van der Waals surface area contributed by atoms with Crippen molar-refractivity contribution in [2.45, 2.75) is 6.61 Å². The molecule has 0 atom stereocenters. The molecule has 0 heterocycles. The second kappa shape index (κ2) is 10.8. The van der Waals surface area contributed by atoms with E-state index in [4.69, 9.17) is 39.5 Å². The molecule has 0 aliphatic carbocycles. The fourth-order valence-corrected chi connectivity index (χ4v) is 3.49. The number of hydrogen-bond acceptors (Lipinski definition) is 5. The van der Waals surface area contributed by atoms with Crippen molar-refractivity contribution in [1.82, 2.24) is 0 Å². The molecule has 33 heavy (non-hydrogen) atoms. The molecule has 0 spiro atoms. The summed E-state index contributed by atoms with van der Waals surface area (Å²) in [5.74, 6) is -0.488. The Labute approximate surface area is 203 Å². The summed E-state index contributed by atoms with van der Waals surface area (Å²) >= 11 is 18.5. The predicted octanol–water partition coefficient (Wildman–Crippen LogP) is 6.68. The van der Waals surface area contributed by atoms with Crippen molar-refractivity contribution in [1.29, 1.82) is 5.26 Å². The zero-order valence-electron chi connectivity index (χ0n) is 16.7. The average Bonchev–Trinajstić information content (AvgIpc) is 2.78. The molecule has 0 bridgehead atoms. The van der Waals surface area contributed by atoms with E-state index in [0.717, 1.165) is 5.56 Å². The van der Waals surface area contributed by atoms with Gasteiger partial charge in [-0.1, -0.05) is 53.0 Å². The molecular weight excluding hydrogens is 489 g/mol. The van der Waals surface area contributed by atoms with Gasteiger partial charge in [0.25, 0.3) is 11.6 Å². The minimum Gasteiger partial charge on any atom is -0.486 e. The van der Waals surface area contributed by atoms with Crippen molar-refractivity contribution in [2.75, 3.05) is 5.32 Å². The van der Waals surface area contributed by atoms with Crippen molar-refractivity contribution in [3.8, 4) is 11.8 Å². The van der Waals surface area contributed by atoms with Gasteiger partial charge in [0.1, 0.15) is 18.2 Å². The maximum absolute atomic E-state index is 12.5. The van der Waals surface area contributed by atoms with Gasteiger partial charge in [-0.05, 0) is 47.5 Å². The van der Waals surface area contributed by atoms with Crippen LogP contribution in [0.3, 0.4) is 0 Å². The quantitative estimate of drug-likeness (QED) is 0.168. The van der Waals surface area contributed by atoms with E-state index in [2.05, 4.69) is 5.32 Å². The van der Waals surface area contributed by atoms with Crippen LogP contribution in [0, 0.1) is 21.4 Å². The summed E-state index contributed by atoms with van der Waals surface area (Å²) in [4.78, 5) is 22.8. The Hall–Kier alpha value is -3.57. The number of nitrogens with zero attached hydrogens (tertiary/aromatic N) is 2. The monoisotopic (exact) mass is 501 g/mol. The Kier molecular flexibility index (Phi) is 7.91. The highest BCUT2D eigenvalue weighted by Gasteiger charge is 2.14. The van der Waals surface area contributed by atoms with Gasteiger partial charge in [0.05, 0.1) is 15.0 Å².